The third-order valence-corrected chi connectivity index (χ3v) is 4.81. The van der Waals surface area contributed by atoms with Gasteiger partial charge in [0.2, 0.25) is 5.91 Å². The fourth-order valence-corrected chi connectivity index (χ4v) is 3.20. The number of hydrogen-bond donors (Lipinski definition) is 1. The molecule has 1 aliphatic rings. The minimum Gasteiger partial charge on any atom is -0.373 e. The summed E-state index contributed by atoms with van der Waals surface area (Å²) in [6.45, 7) is 3.55. The van der Waals surface area contributed by atoms with Crippen molar-refractivity contribution in [2.75, 3.05) is 25.0 Å². The van der Waals surface area contributed by atoms with Crippen LogP contribution in [0.3, 0.4) is 0 Å². The lowest BCUT2D eigenvalue weighted by Gasteiger charge is -2.31. The van der Waals surface area contributed by atoms with E-state index in [2.05, 4.69) is 5.32 Å². The molecule has 2 aromatic carbocycles. The Kier molecular flexibility index (Phi) is 6.70. The summed E-state index contributed by atoms with van der Waals surface area (Å²) in [7, 11) is 0. The molecule has 0 unspecified atom stereocenters. The van der Waals surface area contributed by atoms with Gasteiger partial charge in [-0.15, -0.1) is 0 Å². The third-order valence-electron chi connectivity index (χ3n) is 4.81. The van der Waals surface area contributed by atoms with Crippen molar-refractivity contribution in [3.8, 4) is 0 Å². The highest BCUT2D eigenvalue weighted by molar-refractivity contribution is 5.92. The Morgan fingerprint density at radius 2 is 1.79 bits per heavy atom. The number of likely N-dealkylation sites (tertiary alicyclic amines) is 1. The molecule has 1 aliphatic heterocycles. The Morgan fingerprint density at radius 3 is 2.46 bits per heavy atom. The number of rotatable bonds is 6. The van der Waals surface area contributed by atoms with Crippen molar-refractivity contribution in [1.82, 2.24) is 4.90 Å². The van der Waals surface area contributed by atoms with Gasteiger partial charge in [-0.1, -0.05) is 6.07 Å². The fraction of sp³-hybridized carbons (Fsp3) is 0.381. The predicted octanol–water partition coefficient (Wildman–Crippen LogP) is 4.03. The van der Waals surface area contributed by atoms with Crippen molar-refractivity contribution < 1.29 is 22.7 Å². The lowest BCUT2D eigenvalue weighted by atomic mass is 10.1. The van der Waals surface area contributed by atoms with Crippen molar-refractivity contribution in [1.29, 1.82) is 0 Å². The monoisotopic (exact) mass is 392 g/mol. The van der Waals surface area contributed by atoms with Crippen LogP contribution < -0.4 is 5.32 Å². The van der Waals surface area contributed by atoms with Gasteiger partial charge in [0.1, 0.15) is 5.82 Å². The van der Waals surface area contributed by atoms with Gasteiger partial charge >= 0.3 is 0 Å². The summed E-state index contributed by atoms with van der Waals surface area (Å²) in [6.07, 6.45) is 1.53. The van der Waals surface area contributed by atoms with Crippen LogP contribution in [0.1, 0.15) is 24.0 Å². The van der Waals surface area contributed by atoms with E-state index < -0.39 is 11.6 Å². The van der Waals surface area contributed by atoms with E-state index in [1.54, 1.807) is 19.1 Å². The molecule has 1 N–H and O–H groups in total. The van der Waals surface area contributed by atoms with Crippen LogP contribution in [-0.4, -0.2) is 36.5 Å². The van der Waals surface area contributed by atoms with Crippen LogP contribution in [-0.2, 0) is 16.1 Å². The van der Waals surface area contributed by atoms with Crippen LogP contribution in [0.2, 0.25) is 0 Å². The van der Waals surface area contributed by atoms with Crippen LogP contribution in [0, 0.1) is 24.4 Å². The quantitative estimate of drug-likeness (QED) is 0.807. The van der Waals surface area contributed by atoms with Crippen molar-refractivity contribution in [3.63, 3.8) is 0 Å². The number of carbonyl (C=O) groups excluding carboxylic acids is 1. The van der Waals surface area contributed by atoms with E-state index >= 15 is 0 Å². The van der Waals surface area contributed by atoms with Gasteiger partial charge in [-0.2, -0.15) is 0 Å². The lowest BCUT2D eigenvalue weighted by molar-refractivity contribution is -0.118. The number of anilines is 1. The molecule has 4 nitrogen and oxygen atoms in total. The Labute approximate surface area is 162 Å². The second-order valence-electron chi connectivity index (χ2n) is 7.05. The van der Waals surface area contributed by atoms with E-state index in [-0.39, 0.29) is 31.0 Å². The molecule has 0 spiro atoms. The van der Waals surface area contributed by atoms with Crippen molar-refractivity contribution in [3.05, 3.63) is 65.0 Å². The smallest absolute Gasteiger partial charge is 0.238 e. The molecule has 0 radical (unpaired) electrons. The summed E-state index contributed by atoms with van der Waals surface area (Å²) in [6, 6.07) is 8.23. The predicted molar refractivity (Wildman–Crippen MR) is 100 cm³/mol. The standard InChI is InChI=1S/C21H23F3N2O2/c1-14-10-16(3-5-18(14)22)25-21(27)12-26-8-6-17(7-9-26)28-13-15-2-4-19(23)20(24)11-15/h2-5,10-11,17H,6-9,12-13H2,1H3,(H,25,27). The SMILES string of the molecule is Cc1cc(NC(=O)CN2CCC(OCc3ccc(F)c(F)c3)CC2)ccc1F. The van der Waals surface area contributed by atoms with Gasteiger partial charge in [-0.3, -0.25) is 9.69 Å². The first-order valence-electron chi connectivity index (χ1n) is 9.24. The molecular weight excluding hydrogens is 369 g/mol. The number of carbonyl (C=O) groups is 1. The number of nitrogens with one attached hydrogen (secondary N) is 1. The summed E-state index contributed by atoms with van der Waals surface area (Å²) < 4.78 is 45.2. The number of halogens is 3. The molecule has 0 saturated carbocycles. The molecule has 0 aromatic heterocycles. The Morgan fingerprint density at radius 1 is 1.07 bits per heavy atom. The molecule has 1 fully saturated rings. The Bertz CT molecular complexity index is 836. The van der Waals surface area contributed by atoms with Crippen LogP contribution in [0.4, 0.5) is 18.9 Å². The van der Waals surface area contributed by atoms with E-state index in [1.165, 1.54) is 12.1 Å². The minimum absolute atomic E-state index is 0.0205. The summed E-state index contributed by atoms with van der Waals surface area (Å²) in [5.41, 5.74) is 1.65. The second kappa shape index (κ2) is 9.21. The topological polar surface area (TPSA) is 41.6 Å². The fourth-order valence-electron chi connectivity index (χ4n) is 3.20. The van der Waals surface area contributed by atoms with Crippen LogP contribution in [0.15, 0.2) is 36.4 Å². The molecule has 0 atom stereocenters. The average molecular weight is 392 g/mol. The van der Waals surface area contributed by atoms with Gasteiger partial charge < -0.3 is 10.1 Å². The first-order valence-corrected chi connectivity index (χ1v) is 9.24. The summed E-state index contributed by atoms with van der Waals surface area (Å²) >= 11 is 0. The average Bonchev–Trinajstić information content (AvgIpc) is 2.67. The van der Waals surface area contributed by atoms with Crippen LogP contribution in [0.5, 0.6) is 0 Å². The van der Waals surface area contributed by atoms with E-state index in [1.807, 2.05) is 4.90 Å². The van der Waals surface area contributed by atoms with Gasteiger partial charge in [0.15, 0.2) is 11.6 Å². The number of nitrogens with zero attached hydrogens (tertiary/aromatic N) is 1. The van der Waals surface area contributed by atoms with E-state index in [9.17, 15) is 18.0 Å². The second-order valence-corrected chi connectivity index (χ2v) is 7.05. The van der Waals surface area contributed by atoms with Crippen molar-refractivity contribution in [2.45, 2.75) is 32.5 Å². The van der Waals surface area contributed by atoms with Gasteiger partial charge in [-0.25, -0.2) is 13.2 Å². The zero-order valence-electron chi connectivity index (χ0n) is 15.7. The maximum absolute atomic E-state index is 13.3. The molecule has 0 bridgehead atoms. The third kappa shape index (κ3) is 5.56. The largest absolute Gasteiger partial charge is 0.373 e. The number of aryl methyl sites for hydroxylation is 1. The number of benzene rings is 2. The molecule has 1 amide bonds. The first kappa shape index (κ1) is 20.4. The van der Waals surface area contributed by atoms with Crippen molar-refractivity contribution in [2.24, 2.45) is 0 Å². The first-order chi connectivity index (χ1) is 13.4. The highest BCUT2D eigenvalue weighted by atomic mass is 19.2. The Hall–Kier alpha value is -2.38. The highest BCUT2D eigenvalue weighted by Crippen LogP contribution is 2.18. The summed E-state index contributed by atoms with van der Waals surface area (Å²) in [4.78, 5) is 14.2. The molecule has 1 saturated heterocycles. The zero-order chi connectivity index (χ0) is 20.1. The Balaban J connectivity index is 1.40. The van der Waals surface area contributed by atoms with E-state index in [4.69, 9.17) is 4.74 Å². The number of ether oxygens (including phenoxy) is 1. The molecule has 7 heteroatoms. The van der Waals surface area contributed by atoms with Crippen molar-refractivity contribution >= 4 is 11.6 Å². The van der Waals surface area contributed by atoms with E-state index in [0.717, 1.165) is 25.0 Å². The van der Waals surface area contributed by atoms with Crippen LogP contribution >= 0.6 is 0 Å². The lowest BCUT2D eigenvalue weighted by Crippen LogP contribution is -2.41. The maximum Gasteiger partial charge on any atom is 0.238 e. The maximum atomic E-state index is 13.3. The van der Waals surface area contributed by atoms with E-state index in [0.29, 0.717) is 29.9 Å². The van der Waals surface area contributed by atoms with Gasteiger partial charge in [0.05, 0.1) is 19.3 Å². The number of amides is 1. The number of piperidine rings is 1. The zero-order valence-corrected chi connectivity index (χ0v) is 15.7. The minimum atomic E-state index is -0.877. The molecule has 3 rings (SSSR count). The molecule has 150 valence electrons. The summed E-state index contributed by atoms with van der Waals surface area (Å²) in [5, 5.41) is 2.78. The molecular formula is C21H23F3N2O2. The molecule has 1 heterocycles. The molecule has 0 aliphatic carbocycles. The van der Waals surface area contributed by atoms with Gasteiger partial charge in [-0.05, 0) is 61.2 Å². The van der Waals surface area contributed by atoms with Gasteiger partial charge in [0.25, 0.3) is 0 Å². The number of hydrogen-bond acceptors (Lipinski definition) is 3. The highest BCUT2D eigenvalue weighted by Gasteiger charge is 2.21. The summed E-state index contributed by atoms with van der Waals surface area (Å²) in [5.74, 6) is -2.19. The molecule has 28 heavy (non-hydrogen) atoms. The van der Waals surface area contributed by atoms with Crippen LogP contribution in [0.25, 0.3) is 0 Å². The molecule has 2 aromatic rings. The normalized spacial score (nSPS) is 15.6. The van der Waals surface area contributed by atoms with Gasteiger partial charge in [0, 0.05) is 18.8 Å².